The molecule has 7 amide bonds. The van der Waals surface area contributed by atoms with Gasteiger partial charge in [0.25, 0.3) is 0 Å². The molecule has 2 unspecified atom stereocenters. The van der Waals surface area contributed by atoms with Crippen LogP contribution in [0.15, 0.2) is 17.5 Å². The smallest absolute Gasteiger partial charge is 0.325 e. The number of carbonyl (C=O) groups is 6. The maximum atomic E-state index is 12.7. The summed E-state index contributed by atoms with van der Waals surface area (Å²) in [6.07, 6.45) is 0.108. The molecule has 1 aromatic rings. The largest absolute Gasteiger partial charge is 0.353 e. The highest BCUT2D eigenvalue weighted by molar-refractivity contribution is 7.10. The minimum Gasteiger partial charge on any atom is -0.353 e. The summed E-state index contributed by atoms with van der Waals surface area (Å²) in [5, 5.41) is 11.8. The van der Waals surface area contributed by atoms with Gasteiger partial charge in [-0.25, -0.2) is 4.79 Å². The lowest BCUT2D eigenvalue weighted by Crippen LogP contribution is -2.66. The monoisotopic (exact) mass is 464 g/mol. The van der Waals surface area contributed by atoms with Crippen LogP contribution < -0.4 is 21.3 Å². The Bertz CT molecular complexity index is 919. The molecule has 0 saturated carbocycles. The lowest BCUT2D eigenvalue weighted by molar-refractivity contribution is -0.153. The van der Waals surface area contributed by atoms with Crippen LogP contribution in [0.1, 0.15) is 11.8 Å². The van der Waals surface area contributed by atoms with Crippen LogP contribution in [0.25, 0.3) is 0 Å². The van der Waals surface area contributed by atoms with E-state index in [1.807, 2.05) is 11.4 Å². The highest BCUT2D eigenvalue weighted by atomic mass is 32.1. The van der Waals surface area contributed by atoms with Crippen molar-refractivity contribution in [3.63, 3.8) is 0 Å². The summed E-state index contributed by atoms with van der Waals surface area (Å²) < 4.78 is 0. The van der Waals surface area contributed by atoms with Crippen molar-refractivity contribution in [2.24, 2.45) is 0 Å². The fraction of sp³-hybridized carbons (Fsp3) is 0.474. The van der Waals surface area contributed by atoms with Gasteiger partial charge in [0.2, 0.25) is 17.7 Å². The first-order valence-electron chi connectivity index (χ1n) is 10.1. The first-order valence-corrected chi connectivity index (χ1v) is 11.0. The van der Waals surface area contributed by atoms with Crippen LogP contribution >= 0.6 is 11.3 Å². The second-order valence-electron chi connectivity index (χ2n) is 7.21. The van der Waals surface area contributed by atoms with Crippen molar-refractivity contribution in [2.75, 3.05) is 32.7 Å². The van der Waals surface area contributed by atoms with Gasteiger partial charge in [-0.15, -0.1) is 11.3 Å². The van der Waals surface area contributed by atoms with Gasteiger partial charge in [0, 0.05) is 37.6 Å². The van der Waals surface area contributed by atoms with E-state index >= 15 is 0 Å². The SMILES string of the molecule is CCN1CCN(C(=O)NC(CNC(=O)Cc2cccs2)C(=O)NC2CNC2=O)C(=O)C1=O. The Labute approximate surface area is 187 Å². The van der Waals surface area contributed by atoms with E-state index in [4.69, 9.17) is 0 Å². The maximum absolute atomic E-state index is 12.7. The van der Waals surface area contributed by atoms with Crippen LogP contribution in [-0.2, 0) is 30.4 Å². The number of likely N-dealkylation sites (N-methyl/N-ethyl adjacent to an activating group) is 1. The molecular weight excluding hydrogens is 440 g/mol. The van der Waals surface area contributed by atoms with E-state index in [-0.39, 0.29) is 44.4 Å². The predicted octanol–water partition coefficient (Wildman–Crippen LogP) is -2.21. The number of piperazine rings is 1. The minimum absolute atomic E-state index is 0.0195. The van der Waals surface area contributed by atoms with Gasteiger partial charge in [-0.05, 0) is 18.4 Å². The number of amides is 7. The summed E-state index contributed by atoms with van der Waals surface area (Å²) in [6, 6.07) is 0.689. The molecule has 3 heterocycles. The predicted molar refractivity (Wildman–Crippen MR) is 112 cm³/mol. The summed E-state index contributed by atoms with van der Waals surface area (Å²) in [4.78, 5) is 76.2. The van der Waals surface area contributed by atoms with E-state index in [1.165, 1.54) is 16.2 Å². The number of carbonyl (C=O) groups excluding carboxylic acids is 6. The van der Waals surface area contributed by atoms with Crippen molar-refractivity contribution in [1.29, 1.82) is 0 Å². The molecule has 0 bridgehead atoms. The van der Waals surface area contributed by atoms with E-state index in [2.05, 4.69) is 21.3 Å². The summed E-state index contributed by atoms with van der Waals surface area (Å²) in [7, 11) is 0. The van der Waals surface area contributed by atoms with Gasteiger partial charge in [0.05, 0.1) is 6.42 Å². The van der Waals surface area contributed by atoms with Gasteiger partial charge in [-0.2, -0.15) is 0 Å². The van der Waals surface area contributed by atoms with Crippen LogP contribution in [0, 0.1) is 0 Å². The Morgan fingerprint density at radius 1 is 1.22 bits per heavy atom. The average molecular weight is 465 g/mol. The van der Waals surface area contributed by atoms with E-state index in [9.17, 15) is 28.8 Å². The molecule has 172 valence electrons. The fourth-order valence-corrected chi connectivity index (χ4v) is 3.84. The van der Waals surface area contributed by atoms with Crippen molar-refractivity contribution in [3.05, 3.63) is 22.4 Å². The molecule has 2 atom stereocenters. The van der Waals surface area contributed by atoms with Crippen molar-refractivity contribution < 1.29 is 28.8 Å². The van der Waals surface area contributed by atoms with E-state index in [0.29, 0.717) is 6.54 Å². The Morgan fingerprint density at radius 2 is 2.00 bits per heavy atom. The summed E-state index contributed by atoms with van der Waals surface area (Å²) in [5.41, 5.74) is 0. The van der Waals surface area contributed by atoms with Crippen molar-refractivity contribution in [1.82, 2.24) is 31.1 Å². The lowest BCUT2D eigenvalue weighted by Gasteiger charge is -2.33. The zero-order chi connectivity index (χ0) is 23.3. The third-order valence-corrected chi connectivity index (χ3v) is 5.96. The molecule has 32 heavy (non-hydrogen) atoms. The number of hydrogen-bond acceptors (Lipinski definition) is 7. The molecule has 13 heteroatoms. The third kappa shape index (κ3) is 5.41. The van der Waals surface area contributed by atoms with Gasteiger partial charge >= 0.3 is 17.8 Å². The number of nitrogens with one attached hydrogen (secondary N) is 4. The van der Waals surface area contributed by atoms with Crippen LogP contribution in [-0.4, -0.2) is 90.2 Å². The van der Waals surface area contributed by atoms with Crippen LogP contribution in [0.5, 0.6) is 0 Å². The molecule has 0 radical (unpaired) electrons. The number of rotatable bonds is 8. The Morgan fingerprint density at radius 3 is 2.59 bits per heavy atom. The highest BCUT2D eigenvalue weighted by Gasteiger charge is 2.38. The number of β-lactam (4-membered cyclic amide) rings is 1. The topological polar surface area (TPSA) is 157 Å². The second-order valence-corrected chi connectivity index (χ2v) is 8.24. The van der Waals surface area contributed by atoms with Gasteiger partial charge in [0.1, 0.15) is 12.1 Å². The molecule has 2 saturated heterocycles. The van der Waals surface area contributed by atoms with Crippen LogP contribution in [0.2, 0.25) is 0 Å². The average Bonchev–Trinajstić information content (AvgIpc) is 3.28. The molecular formula is C19H24N6O6S. The zero-order valence-corrected chi connectivity index (χ0v) is 18.2. The quantitative estimate of drug-likeness (QED) is 0.252. The highest BCUT2D eigenvalue weighted by Crippen LogP contribution is 2.09. The fourth-order valence-electron chi connectivity index (χ4n) is 3.13. The zero-order valence-electron chi connectivity index (χ0n) is 17.4. The molecule has 0 aromatic carbocycles. The summed E-state index contributed by atoms with van der Waals surface area (Å²) in [6.45, 7) is 2.22. The first-order chi connectivity index (χ1) is 15.3. The normalized spacial score (nSPS) is 19.0. The molecule has 0 aliphatic carbocycles. The molecule has 3 rings (SSSR count). The van der Waals surface area contributed by atoms with Gasteiger partial charge < -0.3 is 26.2 Å². The molecule has 0 spiro atoms. The van der Waals surface area contributed by atoms with Crippen LogP contribution in [0.3, 0.4) is 0 Å². The van der Waals surface area contributed by atoms with Crippen LogP contribution in [0.4, 0.5) is 4.79 Å². The molecule has 2 aliphatic rings. The maximum Gasteiger partial charge on any atom is 0.325 e. The number of imide groups is 1. The first kappa shape index (κ1) is 23.2. The Balaban J connectivity index is 1.63. The Hall–Kier alpha value is -3.48. The van der Waals surface area contributed by atoms with Gasteiger partial charge in [-0.3, -0.25) is 28.9 Å². The molecule has 2 aliphatic heterocycles. The summed E-state index contributed by atoms with van der Waals surface area (Å²) in [5.74, 6) is -3.20. The van der Waals surface area contributed by atoms with E-state index in [1.54, 1.807) is 13.0 Å². The summed E-state index contributed by atoms with van der Waals surface area (Å²) >= 11 is 1.41. The minimum atomic E-state index is -1.25. The molecule has 1 aromatic heterocycles. The Kier molecular flexibility index (Phi) is 7.41. The van der Waals surface area contributed by atoms with Crippen molar-refractivity contribution in [3.8, 4) is 0 Å². The van der Waals surface area contributed by atoms with E-state index in [0.717, 1.165) is 9.78 Å². The third-order valence-electron chi connectivity index (χ3n) is 5.08. The number of thiophene rings is 1. The van der Waals surface area contributed by atoms with E-state index < -0.39 is 35.8 Å². The molecule has 2 fully saturated rings. The van der Waals surface area contributed by atoms with Gasteiger partial charge in [-0.1, -0.05) is 6.07 Å². The van der Waals surface area contributed by atoms with Gasteiger partial charge in [0.15, 0.2) is 0 Å². The number of hydrogen-bond donors (Lipinski definition) is 4. The lowest BCUT2D eigenvalue weighted by atomic mass is 10.1. The molecule has 4 N–H and O–H groups in total. The molecule has 12 nitrogen and oxygen atoms in total. The van der Waals surface area contributed by atoms with Crippen molar-refractivity contribution in [2.45, 2.75) is 25.4 Å². The van der Waals surface area contributed by atoms with Crippen molar-refractivity contribution >= 4 is 46.9 Å². The number of urea groups is 1. The second kappa shape index (κ2) is 10.2. The standard InChI is InChI=1S/C19H24N6O6S/c1-2-24-5-6-25(18(30)17(24)29)19(31)23-13(16(28)22-12-10-21-15(12)27)9-20-14(26)8-11-4-3-7-32-11/h3-4,7,12-13H,2,5-6,8-10H2,1H3,(H,20,26)(H,21,27)(H,22,28)(H,23,31). The number of nitrogens with zero attached hydrogens (tertiary/aromatic N) is 2.